The summed E-state index contributed by atoms with van der Waals surface area (Å²) in [7, 11) is 0. The molecule has 0 aromatic carbocycles. The summed E-state index contributed by atoms with van der Waals surface area (Å²) in [6.45, 7) is -0.500. The van der Waals surface area contributed by atoms with Gasteiger partial charge in [-0.15, -0.1) is 20.4 Å². The maximum atomic E-state index is 8.36. The van der Waals surface area contributed by atoms with Crippen molar-refractivity contribution in [3.8, 4) is 0 Å². The van der Waals surface area contributed by atoms with Crippen molar-refractivity contribution in [2.45, 2.75) is 0 Å². The third-order valence-electron chi connectivity index (χ3n) is 0.897. The van der Waals surface area contributed by atoms with Crippen molar-refractivity contribution in [3.05, 3.63) is 0 Å². The Balaban J connectivity index is 0.000000414. The van der Waals surface area contributed by atoms with Crippen LogP contribution in [0.2, 0.25) is 0 Å². The first-order valence-electron chi connectivity index (χ1n) is 3.82. The summed E-state index contributed by atoms with van der Waals surface area (Å²) in [6, 6.07) is 0. The van der Waals surface area contributed by atoms with Gasteiger partial charge >= 0.3 is 11.9 Å². The largest absolute Gasteiger partial charge is 0.483 e. The summed E-state index contributed by atoms with van der Waals surface area (Å²) in [5.41, 5.74) is 0. The molecule has 0 spiro atoms. The number of tetrazole rings is 2. The first-order valence-corrected chi connectivity index (χ1v) is 3.82. The summed E-state index contributed by atoms with van der Waals surface area (Å²) in [5.74, 6) is 0.222. The molecule has 0 saturated heterocycles. The van der Waals surface area contributed by atoms with E-state index in [-0.39, 0.29) is 24.8 Å². The normalized spacial score (nSPS) is 8.67. The highest BCUT2D eigenvalue weighted by Gasteiger charge is 1.95. The van der Waals surface area contributed by atoms with Crippen LogP contribution in [-0.2, 0) is 9.59 Å². The van der Waals surface area contributed by atoms with Crippen LogP contribution in [0.1, 0.15) is 0 Å². The molecule has 96 valence electrons. The van der Waals surface area contributed by atoms with Crippen molar-refractivity contribution < 1.29 is 19.8 Å². The Hall–Kier alpha value is -3.32. The van der Waals surface area contributed by atoms with Gasteiger partial charge in [-0.3, -0.25) is 9.59 Å². The fourth-order valence-corrected chi connectivity index (χ4v) is 0.487. The molecule has 2 heterocycles. The average Bonchev–Trinajstić information content (AvgIpc) is 3.02. The minimum Gasteiger partial charge on any atom is -0.483 e. The molecule has 4 N–H and O–H groups in total. The molecule has 2 aromatic heterocycles. The number of hydrogen-bond acceptors (Lipinski definition) is 10. The molecule has 0 aliphatic carbocycles. The molecule has 0 bridgehead atoms. The number of azo groups is 1. The van der Waals surface area contributed by atoms with E-state index in [4.69, 9.17) is 19.8 Å². The van der Waals surface area contributed by atoms with Gasteiger partial charge in [0.05, 0.1) is 0 Å². The predicted molar refractivity (Wildman–Crippen MR) is 49.9 cm³/mol. The van der Waals surface area contributed by atoms with E-state index in [9.17, 15) is 0 Å². The van der Waals surface area contributed by atoms with E-state index in [1.54, 1.807) is 0 Å². The molecule has 0 saturated carbocycles. The Morgan fingerprint density at radius 3 is 1.44 bits per heavy atom. The highest BCUT2D eigenvalue weighted by Crippen LogP contribution is 2.04. The van der Waals surface area contributed by atoms with Crippen LogP contribution in [-0.4, -0.2) is 64.4 Å². The van der Waals surface area contributed by atoms with Crippen molar-refractivity contribution in [1.82, 2.24) is 41.2 Å². The Morgan fingerprint density at radius 2 is 1.22 bits per heavy atom. The molecule has 18 heavy (non-hydrogen) atoms. The molecule has 0 atom stereocenters. The Bertz CT molecular complexity index is 394. The van der Waals surface area contributed by atoms with Crippen molar-refractivity contribution in [3.63, 3.8) is 0 Å². The highest BCUT2D eigenvalue weighted by atomic mass is 16.3. The van der Waals surface area contributed by atoms with Crippen LogP contribution in [0.3, 0.4) is 0 Å². The second kappa shape index (κ2) is 10.2. The van der Waals surface area contributed by atoms with Crippen LogP contribution >= 0.6 is 0 Å². The zero-order valence-electron chi connectivity index (χ0n) is 8.44. The lowest BCUT2D eigenvalue weighted by molar-refractivity contribution is -0.123. The van der Waals surface area contributed by atoms with Gasteiger partial charge in [0, 0.05) is 0 Å². The molecule has 0 amide bonds. The monoisotopic (exact) mass is 258 g/mol. The zero-order chi connectivity index (χ0) is 13.6. The zero-order valence-corrected chi connectivity index (χ0v) is 8.44. The van der Waals surface area contributed by atoms with Crippen LogP contribution < -0.4 is 0 Å². The smallest absolute Gasteiger partial charge is 0.307 e. The Morgan fingerprint density at radius 1 is 0.889 bits per heavy atom. The molecule has 2 aromatic rings. The molecule has 0 fully saturated rings. The number of rotatable bonds is 2. The number of hydrogen-bond donors (Lipinski definition) is 4. The topological polar surface area (TPSA) is 208 Å². The standard InChI is InChI=1S/C2H2N10.2CH2O2/c3(1-5-9-10-6-1)4-2-7-11-12-8-2;2*2-1-3/h(H,5,6,9,10)(H,7,8,11,12);2*1H,(H,2,3)/b4-3+;;. The molecule has 0 aliphatic heterocycles. The van der Waals surface area contributed by atoms with Gasteiger partial charge in [0.15, 0.2) is 0 Å². The van der Waals surface area contributed by atoms with Gasteiger partial charge in [0.1, 0.15) is 0 Å². The fraction of sp³-hybridized carbons (Fsp3) is 0. The van der Waals surface area contributed by atoms with Gasteiger partial charge in [-0.05, 0) is 10.4 Å². The van der Waals surface area contributed by atoms with Crippen LogP contribution in [0.15, 0.2) is 10.2 Å². The van der Waals surface area contributed by atoms with Crippen LogP contribution in [0.4, 0.5) is 11.9 Å². The van der Waals surface area contributed by atoms with Crippen LogP contribution in [0, 0.1) is 0 Å². The van der Waals surface area contributed by atoms with E-state index in [0.29, 0.717) is 0 Å². The fourth-order valence-electron chi connectivity index (χ4n) is 0.487. The maximum Gasteiger partial charge on any atom is 0.307 e. The van der Waals surface area contributed by atoms with E-state index in [1.807, 2.05) is 0 Å². The minimum absolute atomic E-state index is 0.111. The van der Waals surface area contributed by atoms with E-state index in [1.165, 1.54) is 0 Å². The quantitative estimate of drug-likeness (QED) is 0.362. The van der Waals surface area contributed by atoms with Gasteiger partial charge in [-0.1, -0.05) is 10.2 Å². The second-order valence-corrected chi connectivity index (χ2v) is 1.83. The summed E-state index contributed by atoms with van der Waals surface area (Å²) in [6.07, 6.45) is 0. The molecule has 0 aliphatic rings. The molecule has 0 unspecified atom stereocenters. The molecular formula is C4H6N10O4. The number of nitrogens with one attached hydrogen (secondary N) is 2. The van der Waals surface area contributed by atoms with Gasteiger partial charge in [-0.2, -0.15) is 10.4 Å². The number of carbonyl (C=O) groups is 2. The van der Waals surface area contributed by atoms with Crippen molar-refractivity contribution in [2.24, 2.45) is 10.2 Å². The second-order valence-electron chi connectivity index (χ2n) is 1.83. The lowest BCUT2D eigenvalue weighted by atomic mass is 11.1. The number of nitrogens with zero attached hydrogens (tertiary/aromatic N) is 8. The van der Waals surface area contributed by atoms with E-state index in [0.717, 1.165) is 0 Å². The van der Waals surface area contributed by atoms with Crippen molar-refractivity contribution in [1.29, 1.82) is 0 Å². The van der Waals surface area contributed by atoms with Gasteiger partial charge in [0.25, 0.3) is 12.9 Å². The lowest BCUT2D eigenvalue weighted by Crippen LogP contribution is -1.68. The van der Waals surface area contributed by atoms with Gasteiger partial charge in [0.2, 0.25) is 0 Å². The molecule has 14 heteroatoms. The molecule has 0 radical (unpaired) electrons. The first kappa shape index (κ1) is 14.7. The Kier molecular flexibility index (Phi) is 8.32. The summed E-state index contributed by atoms with van der Waals surface area (Å²) >= 11 is 0. The molecular weight excluding hydrogens is 252 g/mol. The van der Waals surface area contributed by atoms with Crippen molar-refractivity contribution >= 4 is 24.8 Å². The SMILES string of the molecule is N(=N\c1nn[nH]n1)/c1nn[nH]n1.O=CO.O=CO. The number of carboxylic acid groups (broad SMARTS) is 2. The third-order valence-corrected chi connectivity index (χ3v) is 0.897. The predicted octanol–water partition coefficient (Wildman–Crippen LogP) is -1.47. The summed E-state index contributed by atoms with van der Waals surface area (Å²) < 4.78 is 0. The highest BCUT2D eigenvalue weighted by molar-refractivity contribution is 5.33. The van der Waals surface area contributed by atoms with Gasteiger partial charge in [-0.25, -0.2) is 0 Å². The number of H-pyrrole nitrogens is 2. The number of aromatic amines is 2. The molecule has 2 rings (SSSR count). The first-order chi connectivity index (χ1) is 8.78. The van der Waals surface area contributed by atoms with E-state index in [2.05, 4.69) is 51.5 Å². The maximum absolute atomic E-state index is 8.36. The summed E-state index contributed by atoms with van der Waals surface area (Å²) in [4.78, 5) is 16.7. The lowest BCUT2D eigenvalue weighted by Gasteiger charge is -1.74. The average molecular weight is 258 g/mol. The van der Waals surface area contributed by atoms with Crippen molar-refractivity contribution in [2.75, 3.05) is 0 Å². The minimum atomic E-state index is -0.250. The summed E-state index contributed by atoms with van der Waals surface area (Å²) in [5, 5.41) is 45.9. The van der Waals surface area contributed by atoms with Gasteiger partial charge < -0.3 is 10.2 Å². The van der Waals surface area contributed by atoms with Crippen LogP contribution in [0.5, 0.6) is 0 Å². The molecule has 14 nitrogen and oxygen atoms in total. The van der Waals surface area contributed by atoms with E-state index >= 15 is 0 Å². The van der Waals surface area contributed by atoms with Crippen LogP contribution in [0.25, 0.3) is 0 Å². The van der Waals surface area contributed by atoms with E-state index < -0.39 is 0 Å². The number of aromatic nitrogens is 8. The Labute approximate surface area is 97.1 Å². The third kappa shape index (κ3) is 7.04.